The summed E-state index contributed by atoms with van der Waals surface area (Å²) in [5.74, 6) is 0.634. The highest BCUT2D eigenvalue weighted by Gasteiger charge is 2.17. The van der Waals surface area contributed by atoms with Crippen LogP contribution in [0.3, 0.4) is 0 Å². The predicted octanol–water partition coefficient (Wildman–Crippen LogP) is 2.70. The van der Waals surface area contributed by atoms with E-state index in [1.165, 1.54) is 0 Å². The molecule has 6 heteroatoms. The summed E-state index contributed by atoms with van der Waals surface area (Å²) in [7, 11) is 0. The molecular formula is C13H19BrN4O. The number of anilines is 1. The molecule has 0 aliphatic carbocycles. The van der Waals surface area contributed by atoms with Crippen molar-refractivity contribution < 1.29 is 5.11 Å². The van der Waals surface area contributed by atoms with Gasteiger partial charge in [-0.15, -0.1) is 5.10 Å². The van der Waals surface area contributed by atoms with Crippen molar-refractivity contribution in [2.24, 2.45) is 5.41 Å². The zero-order valence-corrected chi connectivity index (χ0v) is 12.8. The first-order valence-corrected chi connectivity index (χ1v) is 7.16. The Kier molecular flexibility index (Phi) is 4.42. The topological polar surface area (TPSA) is 62.5 Å². The Labute approximate surface area is 121 Å². The van der Waals surface area contributed by atoms with Crippen molar-refractivity contribution in [1.29, 1.82) is 0 Å². The number of aliphatic hydroxyl groups is 1. The van der Waals surface area contributed by atoms with Crippen LogP contribution >= 0.6 is 15.9 Å². The van der Waals surface area contributed by atoms with E-state index >= 15 is 0 Å². The zero-order valence-electron chi connectivity index (χ0n) is 11.2. The van der Waals surface area contributed by atoms with Crippen LogP contribution in [0.2, 0.25) is 0 Å². The molecule has 2 N–H and O–H groups in total. The van der Waals surface area contributed by atoms with Crippen LogP contribution in [-0.4, -0.2) is 32.9 Å². The van der Waals surface area contributed by atoms with Crippen LogP contribution in [0.25, 0.3) is 5.65 Å². The number of nitrogens with zero attached hydrogens (tertiary/aromatic N) is 3. The van der Waals surface area contributed by atoms with Gasteiger partial charge in [0.25, 0.3) is 0 Å². The van der Waals surface area contributed by atoms with E-state index in [0.29, 0.717) is 5.95 Å². The third-order valence-electron chi connectivity index (χ3n) is 3.03. The molecule has 19 heavy (non-hydrogen) atoms. The molecule has 5 nitrogen and oxygen atoms in total. The van der Waals surface area contributed by atoms with Crippen molar-refractivity contribution in [2.45, 2.75) is 26.7 Å². The zero-order chi connectivity index (χ0) is 13.9. The molecule has 2 rings (SSSR count). The second-order valence-corrected chi connectivity index (χ2v) is 6.35. The second kappa shape index (κ2) is 5.88. The number of pyridine rings is 1. The average molecular weight is 327 g/mol. The largest absolute Gasteiger partial charge is 0.396 e. The first kappa shape index (κ1) is 14.3. The predicted molar refractivity (Wildman–Crippen MR) is 79.3 cm³/mol. The van der Waals surface area contributed by atoms with Crippen molar-refractivity contribution in [3.8, 4) is 0 Å². The van der Waals surface area contributed by atoms with Gasteiger partial charge in [-0.3, -0.25) is 0 Å². The highest BCUT2D eigenvalue weighted by molar-refractivity contribution is 9.10. The normalized spacial score (nSPS) is 12.0. The maximum Gasteiger partial charge on any atom is 0.243 e. The molecule has 0 aliphatic heterocycles. The van der Waals surface area contributed by atoms with Gasteiger partial charge >= 0.3 is 0 Å². The van der Waals surface area contributed by atoms with E-state index in [4.69, 9.17) is 5.11 Å². The average Bonchev–Trinajstić information content (AvgIpc) is 2.76. The van der Waals surface area contributed by atoms with Crippen LogP contribution in [0.4, 0.5) is 5.95 Å². The molecule has 0 atom stereocenters. The number of aliphatic hydroxyl groups excluding tert-OH is 1. The molecule has 0 aromatic carbocycles. The molecule has 0 saturated heterocycles. The van der Waals surface area contributed by atoms with Crippen LogP contribution < -0.4 is 5.32 Å². The smallest absolute Gasteiger partial charge is 0.243 e. The molecule has 0 bridgehead atoms. The van der Waals surface area contributed by atoms with Crippen LogP contribution in [0.5, 0.6) is 0 Å². The van der Waals surface area contributed by atoms with Crippen molar-refractivity contribution in [1.82, 2.24) is 14.6 Å². The lowest BCUT2D eigenvalue weighted by Gasteiger charge is -2.24. The van der Waals surface area contributed by atoms with Crippen molar-refractivity contribution >= 4 is 27.5 Å². The Morgan fingerprint density at radius 3 is 2.95 bits per heavy atom. The van der Waals surface area contributed by atoms with E-state index in [1.807, 2.05) is 18.3 Å². The first-order chi connectivity index (χ1) is 9.00. The van der Waals surface area contributed by atoms with Crippen molar-refractivity contribution in [2.75, 3.05) is 18.5 Å². The standard InChI is InChI=1S/C13H19BrN4O/c1-13(2,6-3-7-19)9-15-12-16-11-5-4-10(14)8-18(11)17-12/h4-5,8,19H,3,6-7,9H2,1-2H3,(H,15,17). The van der Waals surface area contributed by atoms with Gasteiger partial charge in [0.05, 0.1) is 0 Å². The van der Waals surface area contributed by atoms with E-state index < -0.39 is 0 Å². The van der Waals surface area contributed by atoms with Gasteiger partial charge in [0.1, 0.15) is 0 Å². The summed E-state index contributed by atoms with van der Waals surface area (Å²) >= 11 is 3.41. The van der Waals surface area contributed by atoms with Crippen LogP contribution in [0.15, 0.2) is 22.8 Å². The maximum absolute atomic E-state index is 8.88. The van der Waals surface area contributed by atoms with Gasteiger partial charge in [-0.1, -0.05) is 13.8 Å². The quantitative estimate of drug-likeness (QED) is 0.856. The fourth-order valence-electron chi connectivity index (χ4n) is 1.90. The number of rotatable bonds is 6. The summed E-state index contributed by atoms with van der Waals surface area (Å²) in [5, 5.41) is 16.5. The maximum atomic E-state index is 8.88. The number of hydrogen-bond donors (Lipinski definition) is 2. The highest BCUT2D eigenvalue weighted by Crippen LogP contribution is 2.22. The van der Waals surface area contributed by atoms with Gasteiger partial charge < -0.3 is 10.4 Å². The summed E-state index contributed by atoms with van der Waals surface area (Å²) in [5.41, 5.74) is 0.930. The molecule has 2 aromatic heterocycles. The fourth-order valence-corrected chi connectivity index (χ4v) is 2.22. The lowest BCUT2D eigenvalue weighted by atomic mass is 9.88. The fraction of sp³-hybridized carbons (Fsp3) is 0.538. The van der Waals surface area contributed by atoms with Gasteiger partial charge in [-0.25, -0.2) is 4.52 Å². The molecule has 0 unspecified atom stereocenters. The summed E-state index contributed by atoms with van der Waals surface area (Å²) in [6.45, 7) is 5.36. The summed E-state index contributed by atoms with van der Waals surface area (Å²) in [4.78, 5) is 4.41. The Bertz CT molecular complexity index is 553. The molecular weight excluding hydrogens is 308 g/mol. The van der Waals surface area contributed by atoms with E-state index in [0.717, 1.165) is 29.5 Å². The molecule has 0 fully saturated rings. The van der Waals surface area contributed by atoms with Crippen LogP contribution in [-0.2, 0) is 0 Å². The van der Waals surface area contributed by atoms with Crippen molar-refractivity contribution in [3.05, 3.63) is 22.8 Å². The van der Waals surface area contributed by atoms with Gasteiger partial charge in [0.15, 0.2) is 5.65 Å². The second-order valence-electron chi connectivity index (χ2n) is 5.43. The van der Waals surface area contributed by atoms with Gasteiger partial charge in [-0.05, 0) is 46.3 Å². The minimum absolute atomic E-state index is 0.112. The Hall–Kier alpha value is -1.14. The number of halogens is 1. The number of hydrogen-bond acceptors (Lipinski definition) is 4. The summed E-state index contributed by atoms with van der Waals surface area (Å²) in [6.07, 6.45) is 3.67. The Morgan fingerprint density at radius 2 is 2.21 bits per heavy atom. The summed E-state index contributed by atoms with van der Waals surface area (Å²) < 4.78 is 2.72. The van der Waals surface area contributed by atoms with E-state index in [2.05, 4.69) is 45.2 Å². The molecule has 0 radical (unpaired) electrons. The Morgan fingerprint density at radius 1 is 1.42 bits per heavy atom. The van der Waals surface area contributed by atoms with E-state index in [9.17, 15) is 0 Å². The first-order valence-electron chi connectivity index (χ1n) is 6.37. The lowest BCUT2D eigenvalue weighted by molar-refractivity contribution is 0.247. The number of nitrogens with one attached hydrogen (secondary N) is 1. The van der Waals surface area contributed by atoms with Gasteiger partial charge in [0, 0.05) is 23.8 Å². The van der Waals surface area contributed by atoms with Gasteiger partial charge in [0.2, 0.25) is 5.95 Å². The molecule has 0 amide bonds. The third-order valence-corrected chi connectivity index (χ3v) is 3.50. The van der Waals surface area contributed by atoms with Gasteiger partial charge in [-0.2, -0.15) is 4.98 Å². The number of aromatic nitrogens is 3. The number of fused-ring (bicyclic) bond motifs is 1. The van der Waals surface area contributed by atoms with E-state index in [-0.39, 0.29) is 12.0 Å². The third kappa shape index (κ3) is 3.91. The summed E-state index contributed by atoms with van der Waals surface area (Å²) in [6, 6.07) is 3.86. The Balaban J connectivity index is 2.01. The molecule has 0 spiro atoms. The molecule has 2 aromatic rings. The lowest BCUT2D eigenvalue weighted by Crippen LogP contribution is -2.23. The highest BCUT2D eigenvalue weighted by atomic mass is 79.9. The van der Waals surface area contributed by atoms with Crippen molar-refractivity contribution in [3.63, 3.8) is 0 Å². The van der Waals surface area contributed by atoms with Crippen LogP contribution in [0.1, 0.15) is 26.7 Å². The van der Waals surface area contributed by atoms with E-state index in [1.54, 1.807) is 4.52 Å². The van der Waals surface area contributed by atoms with Crippen LogP contribution in [0, 0.1) is 5.41 Å². The minimum atomic E-state index is 0.112. The monoisotopic (exact) mass is 326 g/mol. The molecule has 2 heterocycles. The SMILES string of the molecule is CC(C)(CCCO)CNc1nc2ccc(Br)cn2n1. The molecule has 0 saturated carbocycles. The molecule has 0 aliphatic rings. The molecule has 104 valence electrons. The minimum Gasteiger partial charge on any atom is -0.396 e.